The predicted octanol–water partition coefficient (Wildman–Crippen LogP) is 6.34. The second-order valence-corrected chi connectivity index (χ2v) is 18.2. The lowest BCUT2D eigenvalue weighted by Crippen LogP contribution is -2.61. The summed E-state index contributed by atoms with van der Waals surface area (Å²) in [7, 11) is 1.23. The Hall–Kier alpha value is -6.38. The molecule has 0 aliphatic carbocycles. The number of nitrogens with zero attached hydrogens (tertiary/aromatic N) is 5. The van der Waals surface area contributed by atoms with Gasteiger partial charge in [-0.2, -0.15) is 0 Å². The first kappa shape index (κ1) is 46.1. The van der Waals surface area contributed by atoms with Gasteiger partial charge in [-0.25, -0.2) is 14.6 Å². The molecule has 332 valence electrons. The summed E-state index contributed by atoms with van der Waals surface area (Å²) < 4.78 is 4.84. The molecule has 0 unspecified atom stereocenters. The molecule has 0 bridgehead atoms. The zero-order chi connectivity index (χ0) is 45.3. The van der Waals surface area contributed by atoms with Crippen LogP contribution in [0.5, 0.6) is 0 Å². The normalized spacial score (nSPS) is 15.2. The molecule has 0 saturated carbocycles. The number of aromatic nitrogens is 2. The van der Waals surface area contributed by atoms with Gasteiger partial charge >= 0.3 is 12.1 Å². The van der Waals surface area contributed by atoms with E-state index in [1.54, 1.807) is 27.2 Å². The van der Waals surface area contributed by atoms with E-state index in [0.717, 1.165) is 38.9 Å². The van der Waals surface area contributed by atoms with Crippen molar-refractivity contribution in [2.45, 2.75) is 85.3 Å². The van der Waals surface area contributed by atoms with Crippen LogP contribution in [0.15, 0.2) is 116 Å². The molecule has 2 aromatic heterocycles. The van der Waals surface area contributed by atoms with Gasteiger partial charge in [-0.1, -0.05) is 120 Å². The molecule has 63 heavy (non-hydrogen) atoms. The molecule has 1 aliphatic rings. The molecule has 1 aliphatic heterocycles. The predicted molar refractivity (Wildman–Crippen MR) is 243 cm³/mol. The van der Waals surface area contributed by atoms with Gasteiger partial charge in [-0.3, -0.25) is 25.0 Å². The van der Waals surface area contributed by atoms with Crippen molar-refractivity contribution in [3.05, 3.63) is 132 Å². The van der Waals surface area contributed by atoms with Crippen molar-refractivity contribution in [1.29, 1.82) is 0 Å². The second-order valence-electron chi connectivity index (χ2n) is 18.2. The minimum absolute atomic E-state index is 0.114. The van der Waals surface area contributed by atoms with Gasteiger partial charge in [-0.15, -0.1) is 0 Å². The lowest BCUT2D eigenvalue weighted by atomic mass is 9.84. The summed E-state index contributed by atoms with van der Waals surface area (Å²) in [6.45, 7) is 12.5. The third kappa shape index (κ3) is 12.0. The SMILES string of the molecule is COC(=O)N[C@H](C(=O)NN(Cc1ccc(-c2ccccn2)cc1)C[C@H](O)[C@H](Cc1ccccc1)NC(=O)[C@@H](N1CCN(Cc2ccnc3ccccc23)C1=O)C(C)(C)C)C(C)(C)C. The highest BCUT2D eigenvalue weighted by Crippen LogP contribution is 2.30. The molecule has 5 amide bonds. The molecule has 1 saturated heterocycles. The van der Waals surface area contributed by atoms with Crippen molar-refractivity contribution < 1.29 is 29.0 Å². The summed E-state index contributed by atoms with van der Waals surface area (Å²) in [6.07, 6.45) is 1.75. The number of rotatable bonds is 16. The van der Waals surface area contributed by atoms with Gasteiger partial charge in [0.25, 0.3) is 5.91 Å². The number of aliphatic hydroxyl groups is 1. The van der Waals surface area contributed by atoms with E-state index in [9.17, 15) is 24.3 Å². The Labute approximate surface area is 370 Å². The molecule has 3 heterocycles. The number of alkyl carbamates (subject to hydrolysis) is 1. The van der Waals surface area contributed by atoms with Gasteiger partial charge < -0.3 is 30.3 Å². The number of methoxy groups -OCH3 is 1. The van der Waals surface area contributed by atoms with Crippen LogP contribution in [0.4, 0.5) is 9.59 Å². The highest BCUT2D eigenvalue weighted by molar-refractivity contribution is 5.89. The highest BCUT2D eigenvalue weighted by atomic mass is 16.5. The van der Waals surface area contributed by atoms with Crippen molar-refractivity contribution in [3.8, 4) is 11.3 Å². The van der Waals surface area contributed by atoms with Crippen LogP contribution in [0.3, 0.4) is 0 Å². The van der Waals surface area contributed by atoms with Crippen LogP contribution >= 0.6 is 0 Å². The van der Waals surface area contributed by atoms with Crippen molar-refractivity contribution in [3.63, 3.8) is 0 Å². The highest BCUT2D eigenvalue weighted by Gasteiger charge is 2.44. The Morgan fingerprint density at radius 1 is 0.778 bits per heavy atom. The first-order valence-corrected chi connectivity index (χ1v) is 21.3. The molecule has 14 nitrogen and oxygen atoms in total. The van der Waals surface area contributed by atoms with E-state index in [-0.39, 0.29) is 25.5 Å². The number of para-hydroxylation sites is 1. The molecule has 1 fully saturated rings. The number of hydrogen-bond acceptors (Lipinski definition) is 9. The summed E-state index contributed by atoms with van der Waals surface area (Å²) >= 11 is 0. The Morgan fingerprint density at radius 2 is 1.48 bits per heavy atom. The van der Waals surface area contributed by atoms with Crippen LogP contribution in [0.25, 0.3) is 22.2 Å². The average molecular weight is 857 g/mol. The number of benzene rings is 3. The van der Waals surface area contributed by atoms with E-state index in [2.05, 4.69) is 26.0 Å². The number of fused-ring (bicyclic) bond motifs is 1. The maximum absolute atomic E-state index is 14.7. The molecular formula is C49H60N8O6. The van der Waals surface area contributed by atoms with Crippen LogP contribution in [-0.4, -0.2) is 105 Å². The van der Waals surface area contributed by atoms with Crippen LogP contribution in [0.2, 0.25) is 0 Å². The third-order valence-corrected chi connectivity index (χ3v) is 11.2. The molecular weight excluding hydrogens is 797 g/mol. The number of hydrogen-bond donors (Lipinski definition) is 4. The summed E-state index contributed by atoms with van der Waals surface area (Å²) in [4.78, 5) is 67.7. The quantitative estimate of drug-likeness (QED) is 0.0828. The zero-order valence-corrected chi connectivity index (χ0v) is 37.2. The third-order valence-electron chi connectivity index (χ3n) is 11.2. The topological polar surface area (TPSA) is 169 Å². The number of pyridine rings is 2. The molecule has 4 N–H and O–H groups in total. The standard InChI is InChI=1S/C49H60N8O6/c1-48(2,3)42(53-46(61)63-7)44(59)54-56(30-34-20-22-35(23-21-34)38-18-13-14-25-50-38)32-41(58)40(29-33-15-9-8-10-16-33)52-45(60)43(49(4,5)6)57-28-27-55(47(57)62)31-36-24-26-51-39-19-12-11-17-37(36)39/h8-26,40-43,58H,27-32H2,1-7H3,(H,52,60)(H,53,61)(H,54,59)/t40-,41-,42+,43+/m0/s1. The molecule has 14 heteroatoms. The van der Waals surface area contributed by atoms with E-state index in [4.69, 9.17) is 4.74 Å². The number of nitrogens with one attached hydrogen (secondary N) is 3. The minimum atomic E-state index is -1.23. The van der Waals surface area contributed by atoms with Gasteiger partial charge in [0.15, 0.2) is 0 Å². The molecule has 0 spiro atoms. The minimum Gasteiger partial charge on any atom is -0.453 e. The van der Waals surface area contributed by atoms with Crippen LogP contribution in [0, 0.1) is 10.8 Å². The zero-order valence-electron chi connectivity index (χ0n) is 37.2. The lowest BCUT2D eigenvalue weighted by Gasteiger charge is -2.38. The van der Waals surface area contributed by atoms with E-state index in [1.165, 1.54) is 7.11 Å². The number of ether oxygens (including phenoxy) is 1. The molecule has 5 aromatic rings. The van der Waals surface area contributed by atoms with Gasteiger partial charge in [0, 0.05) is 56.1 Å². The maximum Gasteiger partial charge on any atom is 0.407 e. The van der Waals surface area contributed by atoms with E-state index < -0.39 is 53.0 Å². The molecule has 0 radical (unpaired) electrons. The Morgan fingerprint density at radius 3 is 2.14 bits per heavy atom. The van der Waals surface area contributed by atoms with Gasteiger partial charge in [0.05, 0.1) is 30.5 Å². The number of carbonyl (C=O) groups excluding carboxylic acids is 4. The number of urea groups is 1. The van der Waals surface area contributed by atoms with Crippen LogP contribution < -0.4 is 16.1 Å². The number of hydrazine groups is 1. The number of amides is 5. The monoisotopic (exact) mass is 856 g/mol. The van der Waals surface area contributed by atoms with E-state index in [1.807, 2.05) is 145 Å². The second kappa shape index (κ2) is 20.2. The number of carbonyl (C=O) groups is 4. The summed E-state index contributed by atoms with van der Waals surface area (Å²) in [5, 5.41) is 20.6. The van der Waals surface area contributed by atoms with Gasteiger partial charge in [-0.05, 0) is 58.2 Å². The molecule has 4 atom stereocenters. The lowest BCUT2D eigenvalue weighted by molar-refractivity contribution is -0.133. The average Bonchev–Trinajstić information content (AvgIpc) is 3.60. The van der Waals surface area contributed by atoms with Gasteiger partial charge in [0.2, 0.25) is 5.91 Å². The summed E-state index contributed by atoms with van der Waals surface area (Å²) in [5.74, 6) is -0.915. The Balaban J connectivity index is 1.26. The van der Waals surface area contributed by atoms with E-state index in [0.29, 0.717) is 19.6 Å². The maximum atomic E-state index is 14.7. The van der Waals surface area contributed by atoms with Gasteiger partial charge in [0.1, 0.15) is 12.1 Å². The largest absolute Gasteiger partial charge is 0.453 e. The fourth-order valence-electron chi connectivity index (χ4n) is 8.01. The fraction of sp³-hybridized carbons (Fsp3) is 0.388. The van der Waals surface area contributed by atoms with Crippen molar-refractivity contribution >= 4 is 34.8 Å². The fourth-order valence-corrected chi connectivity index (χ4v) is 8.01. The Bertz CT molecular complexity index is 2330. The Kier molecular flexibility index (Phi) is 14.8. The first-order valence-electron chi connectivity index (χ1n) is 21.3. The first-order chi connectivity index (χ1) is 30.0. The van der Waals surface area contributed by atoms with Crippen molar-refractivity contribution in [1.82, 2.24) is 40.8 Å². The smallest absolute Gasteiger partial charge is 0.407 e. The molecule has 3 aromatic carbocycles. The van der Waals surface area contributed by atoms with Crippen molar-refractivity contribution in [2.75, 3.05) is 26.7 Å². The van der Waals surface area contributed by atoms with Crippen LogP contribution in [0.1, 0.15) is 58.2 Å². The summed E-state index contributed by atoms with van der Waals surface area (Å²) in [5.41, 5.74) is 6.79. The summed E-state index contributed by atoms with van der Waals surface area (Å²) in [6, 6.07) is 29.7. The van der Waals surface area contributed by atoms with Crippen LogP contribution in [-0.2, 0) is 33.8 Å². The van der Waals surface area contributed by atoms with Crippen molar-refractivity contribution in [2.24, 2.45) is 10.8 Å². The van der Waals surface area contributed by atoms with E-state index >= 15 is 0 Å². The number of aliphatic hydroxyl groups excluding tert-OH is 1. The molecule has 6 rings (SSSR count).